The molecule has 0 bridgehead atoms. The molecule has 3 heteroatoms. The lowest BCUT2D eigenvalue weighted by Crippen LogP contribution is -2.45. The summed E-state index contributed by atoms with van der Waals surface area (Å²) >= 11 is 0. The molecule has 17 heavy (non-hydrogen) atoms. The molecular formula is C14H29NO2. The van der Waals surface area contributed by atoms with E-state index in [-0.39, 0.29) is 6.10 Å². The Morgan fingerprint density at radius 1 is 1.12 bits per heavy atom. The SMILES string of the molecule is CCCCCCCCOCC1CNCC(C)O1. The monoisotopic (exact) mass is 243 g/mol. The standard InChI is InChI=1S/C14H29NO2/c1-3-4-5-6-7-8-9-16-12-14-11-15-10-13(2)17-14/h13-15H,3-12H2,1-2H3. The number of morpholine rings is 1. The molecule has 2 atom stereocenters. The molecule has 1 heterocycles. The molecule has 1 fully saturated rings. The van der Waals surface area contributed by atoms with Gasteiger partial charge >= 0.3 is 0 Å². The summed E-state index contributed by atoms with van der Waals surface area (Å²) in [6.07, 6.45) is 8.50. The lowest BCUT2D eigenvalue weighted by Gasteiger charge is -2.28. The Hall–Kier alpha value is -0.120. The fraction of sp³-hybridized carbons (Fsp3) is 1.00. The molecule has 2 unspecified atom stereocenters. The Labute approximate surface area is 106 Å². The first-order valence-corrected chi connectivity index (χ1v) is 7.27. The third-order valence-corrected chi connectivity index (χ3v) is 3.17. The van der Waals surface area contributed by atoms with Gasteiger partial charge in [-0.15, -0.1) is 0 Å². The number of unbranched alkanes of at least 4 members (excludes halogenated alkanes) is 5. The van der Waals surface area contributed by atoms with E-state index in [0.717, 1.165) is 26.3 Å². The molecule has 0 aromatic heterocycles. The second-order valence-corrected chi connectivity index (χ2v) is 5.07. The number of rotatable bonds is 9. The van der Waals surface area contributed by atoms with Crippen LogP contribution >= 0.6 is 0 Å². The highest BCUT2D eigenvalue weighted by Crippen LogP contribution is 2.06. The first kappa shape index (κ1) is 14.9. The number of ether oxygens (including phenoxy) is 2. The van der Waals surface area contributed by atoms with E-state index in [4.69, 9.17) is 9.47 Å². The van der Waals surface area contributed by atoms with Crippen molar-refractivity contribution in [2.75, 3.05) is 26.3 Å². The third kappa shape index (κ3) is 7.74. The molecule has 102 valence electrons. The summed E-state index contributed by atoms with van der Waals surface area (Å²) in [5.41, 5.74) is 0. The topological polar surface area (TPSA) is 30.5 Å². The molecule has 0 aromatic rings. The van der Waals surface area contributed by atoms with Crippen LogP contribution in [0.25, 0.3) is 0 Å². The van der Waals surface area contributed by atoms with Crippen LogP contribution in [0.15, 0.2) is 0 Å². The average Bonchev–Trinajstić information content (AvgIpc) is 2.33. The van der Waals surface area contributed by atoms with Gasteiger partial charge < -0.3 is 14.8 Å². The predicted molar refractivity (Wildman–Crippen MR) is 71.4 cm³/mol. The van der Waals surface area contributed by atoms with E-state index in [1.54, 1.807) is 0 Å². The molecule has 0 aliphatic carbocycles. The minimum Gasteiger partial charge on any atom is -0.379 e. The minimum atomic E-state index is 0.249. The predicted octanol–water partition coefficient (Wildman–Crippen LogP) is 2.74. The van der Waals surface area contributed by atoms with Crippen LogP contribution in [0.4, 0.5) is 0 Å². The van der Waals surface area contributed by atoms with Crippen molar-refractivity contribution in [2.24, 2.45) is 0 Å². The maximum atomic E-state index is 5.76. The number of nitrogens with one attached hydrogen (secondary N) is 1. The Balaban J connectivity index is 1.83. The fourth-order valence-corrected chi connectivity index (χ4v) is 2.17. The van der Waals surface area contributed by atoms with Crippen molar-refractivity contribution in [2.45, 2.75) is 64.6 Å². The van der Waals surface area contributed by atoms with Crippen LogP contribution in [0.1, 0.15) is 52.4 Å². The van der Waals surface area contributed by atoms with Crippen molar-refractivity contribution in [3.8, 4) is 0 Å². The van der Waals surface area contributed by atoms with E-state index >= 15 is 0 Å². The summed E-state index contributed by atoms with van der Waals surface area (Å²) in [5, 5.41) is 3.35. The first-order chi connectivity index (χ1) is 8.33. The Kier molecular flexibility index (Phi) is 8.67. The maximum Gasteiger partial charge on any atom is 0.0936 e. The van der Waals surface area contributed by atoms with Crippen LogP contribution in [-0.2, 0) is 9.47 Å². The summed E-state index contributed by atoms with van der Waals surface area (Å²) < 4.78 is 11.4. The van der Waals surface area contributed by atoms with Crippen molar-refractivity contribution < 1.29 is 9.47 Å². The summed E-state index contributed by atoms with van der Waals surface area (Å²) in [4.78, 5) is 0. The Bertz CT molecular complexity index is 176. The first-order valence-electron chi connectivity index (χ1n) is 7.27. The molecule has 1 aliphatic heterocycles. The zero-order valence-corrected chi connectivity index (χ0v) is 11.5. The normalized spacial score (nSPS) is 25.1. The van der Waals surface area contributed by atoms with Crippen molar-refractivity contribution >= 4 is 0 Å². The third-order valence-electron chi connectivity index (χ3n) is 3.17. The molecule has 0 amide bonds. The smallest absolute Gasteiger partial charge is 0.0936 e. The Morgan fingerprint density at radius 2 is 1.88 bits per heavy atom. The molecule has 1 rings (SSSR count). The number of hydrogen-bond donors (Lipinski definition) is 1. The van der Waals surface area contributed by atoms with Gasteiger partial charge in [0.2, 0.25) is 0 Å². The molecule has 3 nitrogen and oxygen atoms in total. The lowest BCUT2D eigenvalue weighted by molar-refractivity contribution is -0.0688. The molecule has 0 aromatic carbocycles. The minimum absolute atomic E-state index is 0.249. The highest BCUT2D eigenvalue weighted by atomic mass is 16.5. The molecule has 1 N–H and O–H groups in total. The van der Waals surface area contributed by atoms with Gasteiger partial charge in [0.15, 0.2) is 0 Å². The van der Waals surface area contributed by atoms with Crippen molar-refractivity contribution in [3.05, 3.63) is 0 Å². The number of hydrogen-bond acceptors (Lipinski definition) is 3. The lowest BCUT2D eigenvalue weighted by atomic mass is 10.1. The van der Waals surface area contributed by atoms with E-state index < -0.39 is 0 Å². The van der Waals surface area contributed by atoms with E-state index in [9.17, 15) is 0 Å². The summed E-state index contributed by atoms with van der Waals surface area (Å²) in [6, 6.07) is 0. The summed E-state index contributed by atoms with van der Waals surface area (Å²) in [6.45, 7) is 7.89. The summed E-state index contributed by atoms with van der Waals surface area (Å²) in [5.74, 6) is 0. The van der Waals surface area contributed by atoms with Gasteiger partial charge in [0.25, 0.3) is 0 Å². The van der Waals surface area contributed by atoms with Crippen molar-refractivity contribution in [1.29, 1.82) is 0 Å². The highest BCUT2D eigenvalue weighted by molar-refractivity contribution is 4.71. The van der Waals surface area contributed by atoms with E-state index in [1.807, 2.05) is 0 Å². The second-order valence-electron chi connectivity index (χ2n) is 5.07. The van der Waals surface area contributed by atoms with Crippen molar-refractivity contribution in [1.82, 2.24) is 5.32 Å². The molecule has 0 saturated carbocycles. The summed E-state index contributed by atoms with van der Waals surface area (Å²) in [7, 11) is 0. The second kappa shape index (κ2) is 9.86. The molecule has 0 radical (unpaired) electrons. The fourth-order valence-electron chi connectivity index (χ4n) is 2.17. The van der Waals surface area contributed by atoms with E-state index in [0.29, 0.717) is 6.10 Å². The van der Waals surface area contributed by atoms with Gasteiger partial charge in [-0.25, -0.2) is 0 Å². The largest absolute Gasteiger partial charge is 0.379 e. The molecule has 1 saturated heterocycles. The van der Waals surface area contributed by atoms with Crippen LogP contribution in [0.5, 0.6) is 0 Å². The average molecular weight is 243 g/mol. The zero-order valence-electron chi connectivity index (χ0n) is 11.5. The Morgan fingerprint density at radius 3 is 2.65 bits per heavy atom. The van der Waals surface area contributed by atoms with E-state index in [2.05, 4.69) is 19.2 Å². The van der Waals surface area contributed by atoms with Crippen LogP contribution in [0, 0.1) is 0 Å². The molecule has 1 aliphatic rings. The van der Waals surface area contributed by atoms with Gasteiger partial charge in [0, 0.05) is 19.7 Å². The van der Waals surface area contributed by atoms with Gasteiger partial charge in [0.1, 0.15) is 0 Å². The van der Waals surface area contributed by atoms with Crippen molar-refractivity contribution in [3.63, 3.8) is 0 Å². The maximum absolute atomic E-state index is 5.76. The van der Waals surface area contributed by atoms with Crippen LogP contribution in [-0.4, -0.2) is 38.5 Å². The van der Waals surface area contributed by atoms with Crippen LogP contribution < -0.4 is 5.32 Å². The van der Waals surface area contributed by atoms with Gasteiger partial charge in [-0.2, -0.15) is 0 Å². The van der Waals surface area contributed by atoms with Crippen LogP contribution in [0.2, 0.25) is 0 Å². The highest BCUT2D eigenvalue weighted by Gasteiger charge is 2.18. The van der Waals surface area contributed by atoms with Gasteiger partial charge in [-0.3, -0.25) is 0 Å². The zero-order chi connectivity index (χ0) is 12.3. The van der Waals surface area contributed by atoms with E-state index in [1.165, 1.54) is 38.5 Å². The van der Waals surface area contributed by atoms with Crippen LogP contribution in [0.3, 0.4) is 0 Å². The van der Waals surface area contributed by atoms with Gasteiger partial charge in [-0.1, -0.05) is 39.0 Å². The quantitative estimate of drug-likeness (QED) is 0.632. The van der Waals surface area contributed by atoms with Gasteiger partial charge in [-0.05, 0) is 13.3 Å². The van der Waals surface area contributed by atoms with Gasteiger partial charge in [0.05, 0.1) is 18.8 Å². The molecular weight excluding hydrogens is 214 g/mol. The molecule has 0 spiro atoms.